The maximum atomic E-state index is 12.4. The number of anilines is 1. The summed E-state index contributed by atoms with van der Waals surface area (Å²) in [7, 11) is 1.46. The van der Waals surface area contributed by atoms with Gasteiger partial charge in [-0.3, -0.25) is 5.84 Å². The molecule has 108 valence electrons. The van der Waals surface area contributed by atoms with Crippen molar-refractivity contribution >= 4 is 16.6 Å². The number of methoxy groups -OCH3 is 1. The summed E-state index contributed by atoms with van der Waals surface area (Å²) in [6.07, 6.45) is -4.79. The molecule has 1 aromatic heterocycles. The Bertz CT molecular complexity index is 617. The molecule has 2 rings (SSSR count). The zero-order chi connectivity index (χ0) is 14.8. The lowest BCUT2D eigenvalue weighted by Gasteiger charge is -2.13. The van der Waals surface area contributed by atoms with E-state index in [4.69, 9.17) is 10.6 Å². The van der Waals surface area contributed by atoms with Gasteiger partial charge in [-0.25, -0.2) is 4.98 Å². The number of fused-ring (bicyclic) bond motifs is 1. The van der Waals surface area contributed by atoms with Crippen molar-refractivity contribution in [3.8, 4) is 5.75 Å². The van der Waals surface area contributed by atoms with E-state index < -0.39 is 6.36 Å². The quantitative estimate of drug-likeness (QED) is 0.668. The first kappa shape index (κ1) is 14.4. The number of nitrogen functional groups attached to an aromatic ring is 1. The van der Waals surface area contributed by atoms with Crippen molar-refractivity contribution in [1.82, 2.24) is 4.98 Å². The summed E-state index contributed by atoms with van der Waals surface area (Å²) < 4.78 is 46.1. The highest BCUT2D eigenvalue weighted by molar-refractivity contribution is 5.94. The largest absolute Gasteiger partial charge is 0.573 e. The van der Waals surface area contributed by atoms with Crippen LogP contribution in [0.4, 0.5) is 18.9 Å². The molecule has 3 N–H and O–H groups in total. The average molecular weight is 287 g/mol. The highest BCUT2D eigenvalue weighted by atomic mass is 19.4. The lowest BCUT2D eigenvalue weighted by molar-refractivity contribution is -0.274. The lowest BCUT2D eigenvalue weighted by Crippen LogP contribution is -2.17. The van der Waals surface area contributed by atoms with Gasteiger partial charge in [0.2, 0.25) is 0 Å². The number of ether oxygens (including phenoxy) is 2. The number of nitrogens with zero attached hydrogens (tertiary/aromatic N) is 1. The molecule has 0 aliphatic carbocycles. The monoisotopic (exact) mass is 287 g/mol. The first-order valence-corrected chi connectivity index (χ1v) is 5.58. The van der Waals surface area contributed by atoms with Gasteiger partial charge in [0.1, 0.15) is 5.52 Å². The Kier molecular flexibility index (Phi) is 3.96. The van der Waals surface area contributed by atoms with Gasteiger partial charge in [0.05, 0.1) is 18.0 Å². The molecular formula is C12H12F3N3O2. The molecule has 5 nitrogen and oxygen atoms in total. The highest BCUT2D eigenvalue weighted by Crippen LogP contribution is 2.33. The van der Waals surface area contributed by atoms with Crippen molar-refractivity contribution in [2.24, 2.45) is 5.84 Å². The normalized spacial score (nSPS) is 11.7. The molecule has 0 radical (unpaired) electrons. The van der Waals surface area contributed by atoms with Crippen LogP contribution in [-0.4, -0.2) is 18.5 Å². The van der Waals surface area contributed by atoms with Crippen LogP contribution >= 0.6 is 0 Å². The Labute approximate surface area is 112 Å². The highest BCUT2D eigenvalue weighted by Gasteiger charge is 2.32. The average Bonchev–Trinajstić information content (AvgIpc) is 2.37. The van der Waals surface area contributed by atoms with Crippen molar-refractivity contribution in [1.29, 1.82) is 0 Å². The van der Waals surface area contributed by atoms with E-state index in [1.54, 1.807) is 12.1 Å². The van der Waals surface area contributed by atoms with E-state index >= 15 is 0 Å². The van der Waals surface area contributed by atoms with Crippen LogP contribution in [0.5, 0.6) is 5.75 Å². The third-order valence-electron chi connectivity index (χ3n) is 2.53. The second kappa shape index (κ2) is 5.51. The molecule has 20 heavy (non-hydrogen) atoms. The van der Waals surface area contributed by atoms with Crippen LogP contribution in [0.3, 0.4) is 0 Å². The zero-order valence-corrected chi connectivity index (χ0v) is 10.5. The molecule has 0 spiro atoms. The molecule has 0 amide bonds. The summed E-state index contributed by atoms with van der Waals surface area (Å²) in [4.78, 5) is 4.11. The van der Waals surface area contributed by atoms with Gasteiger partial charge in [-0.05, 0) is 12.1 Å². The SMILES string of the molecule is COCc1cc(NN)c2cccc(OC(F)(F)F)c2n1. The van der Waals surface area contributed by atoms with Gasteiger partial charge in [0, 0.05) is 12.5 Å². The fraction of sp³-hybridized carbons (Fsp3) is 0.250. The molecule has 8 heteroatoms. The van der Waals surface area contributed by atoms with Gasteiger partial charge in [0.25, 0.3) is 0 Å². The Morgan fingerprint density at radius 1 is 1.35 bits per heavy atom. The minimum atomic E-state index is -4.79. The smallest absolute Gasteiger partial charge is 0.403 e. The number of aromatic nitrogens is 1. The van der Waals surface area contributed by atoms with Crippen LogP contribution in [0, 0.1) is 0 Å². The number of pyridine rings is 1. The maximum Gasteiger partial charge on any atom is 0.573 e. The van der Waals surface area contributed by atoms with Gasteiger partial charge >= 0.3 is 6.36 Å². The van der Waals surface area contributed by atoms with E-state index in [0.29, 0.717) is 16.8 Å². The van der Waals surface area contributed by atoms with Crippen LogP contribution in [0.15, 0.2) is 24.3 Å². The summed E-state index contributed by atoms with van der Waals surface area (Å²) in [5.74, 6) is 4.99. The van der Waals surface area contributed by atoms with Crippen LogP contribution in [0.1, 0.15) is 5.69 Å². The standard InChI is InChI=1S/C12H12F3N3O2/c1-19-6-7-5-9(18-16)8-3-2-4-10(11(8)17-7)20-12(13,14)15/h2-5H,6,16H2,1H3,(H,17,18). The molecule has 2 aromatic rings. The summed E-state index contributed by atoms with van der Waals surface area (Å²) in [6.45, 7) is 0.144. The maximum absolute atomic E-state index is 12.4. The second-order valence-electron chi connectivity index (χ2n) is 3.94. The van der Waals surface area contributed by atoms with Crippen LogP contribution in [0.25, 0.3) is 10.9 Å². The number of benzene rings is 1. The minimum absolute atomic E-state index is 0.0623. The number of rotatable bonds is 4. The minimum Gasteiger partial charge on any atom is -0.403 e. The lowest BCUT2D eigenvalue weighted by atomic mass is 10.1. The molecule has 0 atom stereocenters. The molecule has 1 aromatic carbocycles. The first-order valence-electron chi connectivity index (χ1n) is 5.58. The fourth-order valence-electron chi connectivity index (χ4n) is 1.82. The molecule has 0 aliphatic rings. The van der Waals surface area contributed by atoms with E-state index in [1.165, 1.54) is 19.2 Å². The van der Waals surface area contributed by atoms with Gasteiger partial charge in [-0.15, -0.1) is 13.2 Å². The molecule has 1 heterocycles. The Hall–Kier alpha value is -2.06. The van der Waals surface area contributed by atoms with Gasteiger partial charge < -0.3 is 14.9 Å². The van der Waals surface area contributed by atoms with E-state index in [0.717, 1.165) is 0 Å². The van der Waals surface area contributed by atoms with Crippen molar-refractivity contribution in [3.63, 3.8) is 0 Å². The van der Waals surface area contributed by atoms with E-state index in [-0.39, 0.29) is 17.9 Å². The Balaban J connectivity index is 2.61. The van der Waals surface area contributed by atoms with Gasteiger partial charge in [0.15, 0.2) is 5.75 Å². The zero-order valence-electron chi connectivity index (χ0n) is 10.5. The summed E-state index contributed by atoms with van der Waals surface area (Å²) in [5.41, 5.74) is 3.36. The van der Waals surface area contributed by atoms with Crippen molar-refractivity contribution in [2.75, 3.05) is 12.5 Å². The number of hydrazine groups is 1. The van der Waals surface area contributed by atoms with Crippen molar-refractivity contribution < 1.29 is 22.6 Å². The molecule has 0 saturated carbocycles. The number of halogens is 3. The molecule has 0 saturated heterocycles. The topological polar surface area (TPSA) is 69.4 Å². The number of para-hydroxylation sites is 1. The van der Waals surface area contributed by atoms with Crippen LogP contribution in [-0.2, 0) is 11.3 Å². The van der Waals surface area contributed by atoms with Gasteiger partial charge in [-0.1, -0.05) is 12.1 Å². The third-order valence-corrected chi connectivity index (χ3v) is 2.53. The van der Waals surface area contributed by atoms with Crippen molar-refractivity contribution in [2.45, 2.75) is 13.0 Å². The summed E-state index contributed by atoms with van der Waals surface area (Å²) in [5, 5.41) is 0.425. The molecule has 0 bridgehead atoms. The number of nitrogens with two attached hydrogens (primary N) is 1. The number of nitrogens with one attached hydrogen (secondary N) is 1. The first-order chi connectivity index (χ1) is 9.44. The van der Waals surface area contributed by atoms with E-state index in [1.807, 2.05) is 0 Å². The summed E-state index contributed by atoms with van der Waals surface area (Å²) >= 11 is 0. The number of hydrogen-bond donors (Lipinski definition) is 2. The van der Waals surface area contributed by atoms with Crippen molar-refractivity contribution in [3.05, 3.63) is 30.0 Å². The van der Waals surface area contributed by atoms with Crippen LogP contribution in [0.2, 0.25) is 0 Å². The molecular weight excluding hydrogens is 275 g/mol. The predicted octanol–water partition coefficient (Wildman–Crippen LogP) is 2.57. The molecule has 0 unspecified atom stereocenters. The van der Waals surface area contributed by atoms with E-state index in [2.05, 4.69) is 15.1 Å². The number of hydrogen-bond acceptors (Lipinski definition) is 5. The third kappa shape index (κ3) is 3.09. The summed E-state index contributed by atoms with van der Waals surface area (Å²) in [6, 6.07) is 5.82. The van der Waals surface area contributed by atoms with Crippen LogP contribution < -0.4 is 16.0 Å². The predicted molar refractivity (Wildman–Crippen MR) is 66.9 cm³/mol. The Morgan fingerprint density at radius 2 is 2.10 bits per heavy atom. The Morgan fingerprint density at radius 3 is 2.70 bits per heavy atom. The van der Waals surface area contributed by atoms with E-state index in [9.17, 15) is 13.2 Å². The van der Waals surface area contributed by atoms with Gasteiger partial charge in [-0.2, -0.15) is 0 Å². The second-order valence-corrected chi connectivity index (χ2v) is 3.94. The fourth-order valence-corrected chi connectivity index (χ4v) is 1.82. The molecule has 0 fully saturated rings. The molecule has 0 aliphatic heterocycles. The number of alkyl halides is 3.